The summed E-state index contributed by atoms with van der Waals surface area (Å²) in [4.78, 5) is 13.5. The Morgan fingerprint density at radius 1 is 1.06 bits per heavy atom. The van der Waals surface area contributed by atoms with Crippen LogP contribution in [0, 0.1) is 5.92 Å². The molecule has 36 heavy (non-hydrogen) atoms. The number of likely N-dealkylation sites (tertiary alicyclic amines) is 1. The summed E-state index contributed by atoms with van der Waals surface area (Å²) in [6.45, 7) is 2.91. The summed E-state index contributed by atoms with van der Waals surface area (Å²) in [6.07, 6.45) is 7.93. The zero-order chi connectivity index (χ0) is 25.4. The highest BCUT2D eigenvalue weighted by molar-refractivity contribution is 5.86. The number of likely N-dealkylation sites (N-methyl/N-ethyl adjacent to an activating group) is 1. The van der Waals surface area contributed by atoms with Crippen molar-refractivity contribution < 1.29 is 19.7 Å². The Morgan fingerprint density at radius 3 is 2.61 bits per heavy atom. The lowest BCUT2D eigenvalue weighted by molar-refractivity contribution is -0.138. The van der Waals surface area contributed by atoms with Crippen LogP contribution in [0.25, 0.3) is 10.8 Å². The predicted octanol–water partition coefficient (Wildman–Crippen LogP) is 6.12. The Balaban J connectivity index is 0.000000149. The third-order valence-corrected chi connectivity index (χ3v) is 9.04. The predicted molar refractivity (Wildman–Crippen MR) is 143 cm³/mol. The molecule has 1 heterocycles. The summed E-state index contributed by atoms with van der Waals surface area (Å²) in [5.41, 5.74) is 4.17. The normalized spacial score (nSPS) is 25.6. The van der Waals surface area contributed by atoms with Gasteiger partial charge in [-0.25, -0.2) is 0 Å². The van der Waals surface area contributed by atoms with Crippen molar-refractivity contribution in [2.75, 3.05) is 20.7 Å². The van der Waals surface area contributed by atoms with Crippen molar-refractivity contribution in [3.05, 3.63) is 71.3 Å². The first-order chi connectivity index (χ1) is 17.3. The van der Waals surface area contributed by atoms with Crippen molar-refractivity contribution in [3.8, 4) is 11.5 Å². The zero-order valence-corrected chi connectivity index (χ0v) is 21.5. The van der Waals surface area contributed by atoms with E-state index < -0.39 is 11.9 Å². The molecule has 5 heteroatoms. The molecule has 2 bridgehead atoms. The van der Waals surface area contributed by atoms with Gasteiger partial charge in [-0.15, -0.1) is 0 Å². The van der Waals surface area contributed by atoms with E-state index in [4.69, 9.17) is 9.84 Å². The van der Waals surface area contributed by atoms with Crippen LogP contribution >= 0.6 is 0 Å². The number of fused-ring (bicyclic) bond motifs is 2. The molecule has 0 radical (unpaired) electrons. The van der Waals surface area contributed by atoms with E-state index in [2.05, 4.69) is 24.1 Å². The molecule has 0 aromatic heterocycles. The van der Waals surface area contributed by atoms with Gasteiger partial charge in [-0.2, -0.15) is 0 Å². The number of ether oxygens (including phenoxy) is 1. The summed E-state index contributed by atoms with van der Waals surface area (Å²) in [5.74, 6) is 0.778. The Bertz CT molecular complexity index is 1270. The quantitative estimate of drug-likeness (QED) is 0.466. The molecular weight excluding hydrogens is 450 g/mol. The van der Waals surface area contributed by atoms with E-state index in [1.165, 1.54) is 56.2 Å². The van der Waals surface area contributed by atoms with Gasteiger partial charge in [-0.05, 0) is 104 Å². The number of hydrogen-bond acceptors (Lipinski definition) is 4. The van der Waals surface area contributed by atoms with Crippen LogP contribution in [-0.2, 0) is 16.6 Å². The van der Waals surface area contributed by atoms with E-state index in [-0.39, 0.29) is 0 Å². The molecule has 3 aromatic rings. The molecule has 2 N–H and O–H groups in total. The van der Waals surface area contributed by atoms with Gasteiger partial charge >= 0.3 is 5.97 Å². The number of carboxylic acids is 1. The van der Waals surface area contributed by atoms with E-state index in [9.17, 15) is 9.90 Å². The third kappa shape index (κ3) is 4.34. The fourth-order valence-electron chi connectivity index (χ4n) is 6.97. The van der Waals surface area contributed by atoms with Crippen molar-refractivity contribution in [2.24, 2.45) is 5.92 Å². The maximum absolute atomic E-state index is 10.9. The summed E-state index contributed by atoms with van der Waals surface area (Å²) in [5, 5.41) is 21.0. The first-order valence-electron chi connectivity index (χ1n) is 13.2. The molecule has 2 fully saturated rings. The first-order valence-corrected chi connectivity index (χ1v) is 13.2. The molecule has 190 valence electrons. The van der Waals surface area contributed by atoms with Gasteiger partial charge < -0.3 is 19.8 Å². The third-order valence-electron chi connectivity index (χ3n) is 9.04. The molecule has 6 rings (SSSR count). The number of piperidine rings is 1. The monoisotopic (exact) mass is 487 g/mol. The SMILES string of the molecule is CN1CC[C@]23CCCC[C@H]2[C@H]1Cc1ccc(O)cc13.COc1ccc2cc(C(C)C(=O)O)ccc2c1. The summed E-state index contributed by atoms with van der Waals surface area (Å²) in [7, 11) is 3.93. The van der Waals surface area contributed by atoms with E-state index in [1.54, 1.807) is 14.0 Å². The maximum Gasteiger partial charge on any atom is 0.310 e. The van der Waals surface area contributed by atoms with Crippen LogP contribution in [0.3, 0.4) is 0 Å². The number of phenolic OH excluding ortho intramolecular Hbond substituents is 1. The number of rotatable bonds is 3. The Morgan fingerprint density at radius 2 is 1.83 bits per heavy atom. The van der Waals surface area contributed by atoms with Gasteiger partial charge in [-0.1, -0.05) is 43.2 Å². The van der Waals surface area contributed by atoms with E-state index in [1.807, 2.05) is 42.5 Å². The Labute approximate surface area is 213 Å². The molecule has 0 spiro atoms. The van der Waals surface area contributed by atoms with Crippen molar-refractivity contribution in [3.63, 3.8) is 0 Å². The lowest BCUT2D eigenvalue weighted by atomic mass is 9.52. The lowest BCUT2D eigenvalue weighted by Gasteiger charge is -2.58. The van der Waals surface area contributed by atoms with Gasteiger partial charge in [0.15, 0.2) is 0 Å². The van der Waals surface area contributed by atoms with Crippen LogP contribution in [0.2, 0.25) is 0 Å². The molecule has 1 saturated heterocycles. The Hall–Kier alpha value is -3.05. The van der Waals surface area contributed by atoms with Crippen LogP contribution < -0.4 is 4.74 Å². The molecule has 0 amide bonds. The molecule has 1 saturated carbocycles. The van der Waals surface area contributed by atoms with Crippen molar-refractivity contribution in [2.45, 2.75) is 62.8 Å². The number of aliphatic carboxylic acids is 1. The first kappa shape index (κ1) is 24.6. The van der Waals surface area contributed by atoms with Gasteiger partial charge in [0, 0.05) is 11.5 Å². The van der Waals surface area contributed by atoms with Crippen molar-refractivity contribution >= 4 is 16.7 Å². The number of carboxylic acid groups (broad SMARTS) is 1. The lowest BCUT2D eigenvalue weighted by Crippen LogP contribution is -2.59. The number of aromatic hydroxyl groups is 1. The fourth-order valence-corrected chi connectivity index (χ4v) is 6.97. The van der Waals surface area contributed by atoms with Gasteiger partial charge in [-0.3, -0.25) is 4.79 Å². The highest BCUT2D eigenvalue weighted by Gasteiger charge is 2.53. The molecule has 2 aliphatic carbocycles. The molecule has 5 nitrogen and oxygen atoms in total. The zero-order valence-electron chi connectivity index (χ0n) is 21.5. The molecule has 1 aliphatic heterocycles. The number of methoxy groups -OCH3 is 1. The second-order valence-corrected chi connectivity index (χ2v) is 10.9. The minimum atomic E-state index is -0.808. The largest absolute Gasteiger partial charge is 0.508 e. The second-order valence-electron chi connectivity index (χ2n) is 10.9. The minimum absolute atomic E-state index is 0.377. The minimum Gasteiger partial charge on any atom is -0.508 e. The summed E-state index contributed by atoms with van der Waals surface area (Å²) >= 11 is 0. The number of benzene rings is 3. The highest BCUT2D eigenvalue weighted by Crippen LogP contribution is 2.55. The van der Waals surface area contributed by atoms with E-state index in [0.717, 1.165) is 34.0 Å². The van der Waals surface area contributed by atoms with E-state index >= 15 is 0 Å². The topological polar surface area (TPSA) is 70.0 Å². The summed E-state index contributed by atoms with van der Waals surface area (Å²) < 4.78 is 5.14. The van der Waals surface area contributed by atoms with Crippen LogP contribution in [0.15, 0.2) is 54.6 Å². The standard InChI is InChI=1S/C17H23NO.C14H14O3/c1-18-9-8-17-7-3-2-4-14(17)16(18)10-12-5-6-13(19)11-15(12)17;1-9(14(15)16)10-3-4-12-8-13(17-2)6-5-11(12)7-10/h5-6,11,14,16,19H,2-4,7-10H2,1H3;3-9H,1-2H3,(H,15,16)/t14-,16+,17+;/m0./s1. The van der Waals surface area contributed by atoms with Crippen LogP contribution in [0.1, 0.15) is 61.6 Å². The highest BCUT2D eigenvalue weighted by atomic mass is 16.5. The molecule has 1 unspecified atom stereocenters. The molecule has 3 aliphatic rings. The fraction of sp³-hybridized carbons (Fsp3) is 0.452. The number of carbonyl (C=O) groups is 1. The van der Waals surface area contributed by atoms with Crippen LogP contribution in [0.4, 0.5) is 0 Å². The molecule has 3 aromatic carbocycles. The number of phenols is 1. The van der Waals surface area contributed by atoms with Crippen LogP contribution in [-0.4, -0.2) is 47.8 Å². The second kappa shape index (κ2) is 9.78. The number of nitrogens with zero attached hydrogens (tertiary/aromatic N) is 1. The van der Waals surface area contributed by atoms with Crippen molar-refractivity contribution in [1.82, 2.24) is 4.90 Å². The van der Waals surface area contributed by atoms with Gasteiger partial charge in [0.2, 0.25) is 0 Å². The molecular formula is C31H37NO4. The molecule has 4 atom stereocenters. The Kier molecular flexibility index (Phi) is 6.69. The van der Waals surface area contributed by atoms with Crippen molar-refractivity contribution in [1.29, 1.82) is 0 Å². The van der Waals surface area contributed by atoms with Gasteiger partial charge in [0.25, 0.3) is 0 Å². The van der Waals surface area contributed by atoms with E-state index in [0.29, 0.717) is 11.2 Å². The smallest absolute Gasteiger partial charge is 0.310 e. The van der Waals surface area contributed by atoms with Gasteiger partial charge in [0.05, 0.1) is 13.0 Å². The average Bonchev–Trinajstić information content (AvgIpc) is 2.90. The average molecular weight is 488 g/mol. The number of hydrogen-bond donors (Lipinski definition) is 2. The van der Waals surface area contributed by atoms with Crippen LogP contribution in [0.5, 0.6) is 11.5 Å². The maximum atomic E-state index is 10.9. The van der Waals surface area contributed by atoms with Gasteiger partial charge in [0.1, 0.15) is 11.5 Å². The summed E-state index contributed by atoms with van der Waals surface area (Å²) in [6, 6.07) is 18.3.